The molecule has 196 valence electrons. The Morgan fingerprint density at radius 3 is 1.56 bits per heavy atom. The summed E-state index contributed by atoms with van der Waals surface area (Å²) in [6.07, 6.45) is 0. The topological polar surface area (TPSA) is 52.8 Å². The molecule has 0 spiro atoms. The van der Waals surface area contributed by atoms with Gasteiger partial charge in [0, 0.05) is 45.0 Å². The summed E-state index contributed by atoms with van der Waals surface area (Å²) in [5.74, 6) is -0.0532. The molecular formula is C28H37Cl3N4O. The van der Waals surface area contributed by atoms with E-state index in [2.05, 4.69) is 77.4 Å². The summed E-state index contributed by atoms with van der Waals surface area (Å²) in [6, 6.07) is 30.7. The Morgan fingerprint density at radius 2 is 1.11 bits per heavy atom. The van der Waals surface area contributed by atoms with E-state index in [1.165, 1.54) is 11.1 Å². The minimum Gasteiger partial charge on any atom is -0.319 e. The maximum Gasteiger partial charge on any atom is 0.245 e. The number of piperazine rings is 1. The Hall–Kier alpha value is -2.12. The highest BCUT2D eigenvalue weighted by atomic mass is 35.5. The van der Waals surface area contributed by atoms with E-state index in [1.807, 2.05) is 30.3 Å². The Morgan fingerprint density at radius 1 is 0.722 bits per heavy atom. The lowest BCUT2D eigenvalue weighted by molar-refractivity contribution is -0.121. The van der Waals surface area contributed by atoms with E-state index >= 15 is 0 Å². The molecule has 1 aliphatic rings. The zero-order valence-corrected chi connectivity index (χ0v) is 23.2. The van der Waals surface area contributed by atoms with Crippen LogP contribution in [0.2, 0.25) is 0 Å². The van der Waals surface area contributed by atoms with Crippen LogP contribution in [0.3, 0.4) is 0 Å². The van der Waals surface area contributed by atoms with Gasteiger partial charge in [-0.25, -0.2) is 0 Å². The fraction of sp³-hybridized carbons (Fsp3) is 0.321. The minimum absolute atomic E-state index is 0. The van der Waals surface area contributed by atoms with E-state index < -0.39 is 6.04 Å². The SMILES string of the molecule is CC(C(N)C(=O)N(C)c1ccccc1)N1CCN(C(c2ccccc2)c2ccccc2)CC1.Cl.Cl.Cl. The fourth-order valence-corrected chi connectivity index (χ4v) is 4.72. The van der Waals surface area contributed by atoms with Crippen molar-refractivity contribution < 1.29 is 4.79 Å². The summed E-state index contributed by atoms with van der Waals surface area (Å²) in [4.78, 5) is 19.6. The average molecular weight is 552 g/mol. The minimum atomic E-state index is -0.569. The summed E-state index contributed by atoms with van der Waals surface area (Å²) >= 11 is 0. The standard InChI is InChI=1S/C28H34N4O.3ClH/c1-22(26(29)28(33)30(2)25-16-10-5-11-17-25)31-18-20-32(21-19-31)27(23-12-6-3-7-13-23)24-14-8-4-9-15-24;;;/h3-17,22,26-27H,18-21,29H2,1-2H3;3*1H. The van der Waals surface area contributed by atoms with E-state index in [0.29, 0.717) is 0 Å². The predicted molar refractivity (Wildman–Crippen MR) is 157 cm³/mol. The Balaban J connectivity index is 0.00000216. The number of anilines is 1. The van der Waals surface area contributed by atoms with E-state index in [9.17, 15) is 4.79 Å². The van der Waals surface area contributed by atoms with Crippen LogP contribution in [0.25, 0.3) is 0 Å². The lowest BCUT2D eigenvalue weighted by Gasteiger charge is -2.43. The zero-order valence-electron chi connectivity index (χ0n) is 20.8. The van der Waals surface area contributed by atoms with Crippen molar-refractivity contribution in [3.05, 3.63) is 102 Å². The molecule has 3 aromatic rings. The van der Waals surface area contributed by atoms with Crippen LogP contribution < -0.4 is 10.6 Å². The maximum atomic E-state index is 13.0. The van der Waals surface area contributed by atoms with Crippen molar-refractivity contribution in [2.45, 2.75) is 25.0 Å². The average Bonchev–Trinajstić information content (AvgIpc) is 2.89. The number of rotatable bonds is 7. The first-order chi connectivity index (χ1) is 16.1. The van der Waals surface area contributed by atoms with Crippen molar-refractivity contribution >= 4 is 48.8 Å². The Bertz CT molecular complexity index is 979. The van der Waals surface area contributed by atoms with Crippen molar-refractivity contribution in [2.75, 3.05) is 38.1 Å². The van der Waals surface area contributed by atoms with E-state index in [4.69, 9.17) is 5.73 Å². The molecule has 0 bridgehead atoms. The third-order valence-corrected chi connectivity index (χ3v) is 6.80. The van der Waals surface area contributed by atoms with Crippen molar-refractivity contribution in [3.8, 4) is 0 Å². The van der Waals surface area contributed by atoms with Gasteiger partial charge in [0.1, 0.15) is 6.04 Å². The first-order valence-corrected chi connectivity index (χ1v) is 11.7. The second kappa shape index (κ2) is 15.2. The van der Waals surface area contributed by atoms with Crippen LogP contribution in [0.15, 0.2) is 91.0 Å². The normalized spacial score (nSPS) is 15.6. The van der Waals surface area contributed by atoms with Crippen molar-refractivity contribution in [1.82, 2.24) is 9.80 Å². The molecule has 1 fully saturated rings. The van der Waals surface area contributed by atoms with Crippen molar-refractivity contribution in [3.63, 3.8) is 0 Å². The number of hydrogen-bond acceptors (Lipinski definition) is 4. The van der Waals surface area contributed by atoms with Gasteiger partial charge in [-0.3, -0.25) is 14.6 Å². The number of nitrogens with two attached hydrogens (primary N) is 1. The molecule has 36 heavy (non-hydrogen) atoms. The van der Waals surface area contributed by atoms with Gasteiger partial charge in [-0.2, -0.15) is 0 Å². The molecule has 0 aromatic heterocycles. The molecule has 4 rings (SSSR count). The molecule has 2 unspecified atom stereocenters. The second-order valence-corrected chi connectivity index (χ2v) is 8.80. The first-order valence-electron chi connectivity index (χ1n) is 11.7. The quantitative estimate of drug-likeness (QED) is 0.447. The van der Waals surface area contributed by atoms with E-state index in [0.717, 1.165) is 31.9 Å². The molecule has 1 saturated heterocycles. The number of nitrogens with zero attached hydrogens (tertiary/aromatic N) is 3. The van der Waals surface area contributed by atoms with Gasteiger partial charge in [0.15, 0.2) is 0 Å². The van der Waals surface area contributed by atoms with E-state index in [1.54, 1.807) is 11.9 Å². The Labute approximate surface area is 233 Å². The van der Waals surface area contributed by atoms with Crippen LogP contribution in [0.1, 0.15) is 24.1 Å². The molecule has 0 radical (unpaired) electrons. The molecule has 3 aromatic carbocycles. The highest BCUT2D eigenvalue weighted by Gasteiger charge is 2.33. The summed E-state index contributed by atoms with van der Waals surface area (Å²) < 4.78 is 0. The number of para-hydroxylation sites is 1. The molecule has 0 aliphatic carbocycles. The van der Waals surface area contributed by atoms with Crippen molar-refractivity contribution in [1.29, 1.82) is 0 Å². The number of benzene rings is 3. The van der Waals surface area contributed by atoms with Gasteiger partial charge < -0.3 is 10.6 Å². The van der Waals surface area contributed by atoms with Crippen LogP contribution in [-0.2, 0) is 4.79 Å². The zero-order chi connectivity index (χ0) is 23.2. The van der Waals surface area contributed by atoms with Crippen molar-refractivity contribution in [2.24, 2.45) is 5.73 Å². The number of carbonyl (C=O) groups is 1. The largest absolute Gasteiger partial charge is 0.319 e. The monoisotopic (exact) mass is 550 g/mol. The molecule has 8 heteroatoms. The molecule has 1 amide bonds. The third-order valence-electron chi connectivity index (χ3n) is 6.80. The van der Waals surface area contributed by atoms with Crippen LogP contribution in [0, 0.1) is 0 Å². The van der Waals surface area contributed by atoms with Gasteiger partial charge in [-0.15, -0.1) is 37.2 Å². The summed E-state index contributed by atoms with van der Waals surface area (Å²) in [5, 5.41) is 0. The molecule has 2 atom stereocenters. The van der Waals surface area contributed by atoms with Gasteiger partial charge in [0.25, 0.3) is 0 Å². The molecule has 0 saturated carbocycles. The lowest BCUT2D eigenvalue weighted by Crippen LogP contribution is -2.59. The van der Waals surface area contributed by atoms with Gasteiger partial charge in [-0.05, 0) is 30.2 Å². The molecule has 5 nitrogen and oxygen atoms in total. The summed E-state index contributed by atoms with van der Waals surface area (Å²) in [6.45, 7) is 5.69. The maximum absolute atomic E-state index is 13.0. The lowest BCUT2D eigenvalue weighted by atomic mass is 9.96. The third kappa shape index (κ3) is 7.45. The number of halogens is 3. The number of likely N-dealkylation sites (N-methyl/N-ethyl adjacent to an activating group) is 1. The van der Waals surface area contributed by atoms with E-state index in [-0.39, 0.29) is 55.2 Å². The molecule has 1 aliphatic heterocycles. The van der Waals surface area contributed by atoms with Crippen LogP contribution >= 0.6 is 37.2 Å². The van der Waals surface area contributed by atoms with Gasteiger partial charge in [0.05, 0.1) is 6.04 Å². The Kier molecular flexibility index (Phi) is 13.5. The van der Waals surface area contributed by atoms with Crippen LogP contribution in [-0.4, -0.2) is 61.0 Å². The summed E-state index contributed by atoms with van der Waals surface area (Å²) in [5.41, 5.74) is 9.94. The van der Waals surface area contributed by atoms with Crippen LogP contribution in [0.5, 0.6) is 0 Å². The highest BCUT2D eigenvalue weighted by molar-refractivity contribution is 5.97. The molecule has 2 N–H and O–H groups in total. The van der Waals surface area contributed by atoms with Crippen LogP contribution in [0.4, 0.5) is 5.69 Å². The number of carbonyl (C=O) groups excluding carboxylic acids is 1. The molecule has 1 heterocycles. The van der Waals surface area contributed by atoms with Gasteiger partial charge >= 0.3 is 0 Å². The summed E-state index contributed by atoms with van der Waals surface area (Å²) in [7, 11) is 1.80. The number of hydrogen-bond donors (Lipinski definition) is 1. The highest BCUT2D eigenvalue weighted by Crippen LogP contribution is 2.30. The fourth-order valence-electron chi connectivity index (χ4n) is 4.72. The number of amides is 1. The van der Waals surface area contributed by atoms with Gasteiger partial charge in [0.2, 0.25) is 5.91 Å². The van der Waals surface area contributed by atoms with Gasteiger partial charge in [-0.1, -0.05) is 78.9 Å². The first kappa shape index (κ1) is 31.9. The predicted octanol–water partition coefficient (Wildman–Crippen LogP) is 5.04. The second-order valence-electron chi connectivity index (χ2n) is 8.80. The smallest absolute Gasteiger partial charge is 0.245 e. The molecular weight excluding hydrogens is 515 g/mol.